The standard InChI is InChI=1S/C17H20FN3O/c1-22-15-5-3-14(4-6-15)20-8-10-21(11-9-20)17-7-2-13(19)12-16(17)18/h2-7,12H,8-11,19H2,1H3. The molecule has 4 nitrogen and oxygen atoms in total. The average Bonchev–Trinajstić information content (AvgIpc) is 2.55. The highest BCUT2D eigenvalue weighted by Crippen LogP contribution is 2.25. The van der Waals surface area contributed by atoms with Crippen LogP contribution >= 0.6 is 0 Å². The fourth-order valence-electron chi connectivity index (χ4n) is 2.78. The number of anilines is 3. The van der Waals surface area contributed by atoms with Crippen LogP contribution in [0.2, 0.25) is 0 Å². The number of halogens is 1. The van der Waals surface area contributed by atoms with Crippen LogP contribution in [0.1, 0.15) is 0 Å². The smallest absolute Gasteiger partial charge is 0.148 e. The molecule has 1 aliphatic heterocycles. The second kappa shape index (κ2) is 6.13. The van der Waals surface area contributed by atoms with Gasteiger partial charge in [0.25, 0.3) is 0 Å². The Bertz CT molecular complexity index is 637. The predicted molar refractivity (Wildman–Crippen MR) is 88.2 cm³/mol. The summed E-state index contributed by atoms with van der Waals surface area (Å²) in [6.07, 6.45) is 0. The topological polar surface area (TPSA) is 41.7 Å². The number of ether oxygens (including phenoxy) is 1. The highest BCUT2D eigenvalue weighted by molar-refractivity contribution is 5.56. The van der Waals surface area contributed by atoms with Gasteiger partial charge in [0.1, 0.15) is 11.6 Å². The van der Waals surface area contributed by atoms with Crippen molar-refractivity contribution in [3.05, 3.63) is 48.3 Å². The van der Waals surface area contributed by atoms with Crippen LogP contribution < -0.4 is 20.3 Å². The zero-order valence-electron chi connectivity index (χ0n) is 12.6. The second-order valence-corrected chi connectivity index (χ2v) is 5.38. The minimum Gasteiger partial charge on any atom is -0.497 e. The highest BCUT2D eigenvalue weighted by atomic mass is 19.1. The van der Waals surface area contributed by atoms with Gasteiger partial charge in [-0.25, -0.2) is 4.39 Å². The van der Waals surface area contributed by atoms with E-state index in [4.69, 9.17) is 10.5 Å². The molecule has 0 amide bonds. The zero-order chi connectivity index (χ0) is 15.5. The molecule has 2 aromatic rings. The molecule has 0 aromatic heterocycles. The number of hydrogen-bond donors (Lipinski definition) is 1. The first-order valence-corrected chi connectivity index (χ1v) is 7.36. The van der Waals surface area contributed by atoms with Gasteiger partial charge in [-0.15, -0.1) is 0 Å². The summed E-state index contributed by atoms with van der Waals surface area (Å²) >= 11 is 0. The fourth-order valence-corrected chi connectivity index (χ4v) is 2.78. The van der Waals surface area contributed by atoms with Crippen LogP contribution in [0.5, 0.6) is 5.75 Å². The van der Waals surface area contributed by atoms with Gasteiger partial charge in [-0.3, -0.25) is 0 Å². The van der Waals surface area contributed by atoms with Crippen molar-refractivity contribution in [3.63, 3.8) is 0 Å². The predicted octanol–water partition coefficient (Wildman–Crippen LogP) is 2.74. The summed E-state index contributed by atoms with van der Waals surface area (Å²) in [6.45, 7) is 3.28. The monoisotopic (exact) mass is 301 g/mol. The number of piperazine rings is 1. The van der Waals surface area contributed by atoms with E-state index in [-0.39, 0.29) is 5.82 Å². The number of nitrogen functional groups attached to an aromatic ring is 1. The normalized spacial score (nSPS) is 15.0. The molecule has 1 saturated heterocycles. The van der Waals surface area contributed by atoms with Crippen molar-refractivity contribution in [2.24, 2.45) is 0 Å². The molecule has 116 valence electrons. The average molecular weight is 301 g/mol. The largest absolute Gasteiger partial charge is 0.497 e. The quantitative estimate of drug-likeness (QED) is 0.885. The SMILES string of the molecule is COc1ccc(N2CCN(c3ccc(N)cc3F)CC2)cc1. The summed E-state index contributed by atoms with van der Waals surface area (Å²) < 4.78 is 19.2. The third-order valence-electron chi connectivity index (χ3n) is 4.03. The number of methoxy groups -OCH3 is 1. The van der Waals surface area contributed by atoms with Crippen LogP contribution in [0.15, 0.2) is 42.5 Å². The number of nitrogens with zero attached hydrogens (tertiary/aromatic N) is 2. The molecule has 1 fully saturated rings. The van der Waals surface area contributed by atoms with Crippen LogP contribution in [-0.4, -0.2) is 33.3 Å². The maximum atomic E-state index is 14.0. The van der Waals surface area contributed by atoms with E-state index >= 15 is 0 Å². The van der Waals surface area contributed by atoms with Crippen LogP contribution in [-0.2, 0) is 0 Å². The molecule has 2 N–H and O–H groups in total. The van der Waals surface area contributed by atoms with Gasteiger partial charge in [-0.05, 0) is 42.5 Å². The Balaban J connectivity index is 1.66. The second-order valence-electron chi connectivity index (χ2n) is 5.38. The van der Waals surface area contributed by atoms with Crippen molar-refractivity contribution in [2.75, 3.05) is 48.8 Å². The van der Waals surface area contributed by atoms with Gasteiger partial charge in [0, 0.05) is 37.6 Å². The fraction of sp³-hybridized carbons (Fsp3) is 0.294. The first-order chi connectivity index (χ1) is 10.7. The van der Waals surface area contributed by atoms with E-state index in [1.54, 1.807) is 19.2 Å². The molecule has 3 rings (SSSR count). The molecule has 0 aliphatic carbocycles. The van der Waals surface area contributed by atoms with Gasteiger partial charge in [0.15, 0.2) is 0 Å². The molecular weight excluding hydrogens is 281 g/mol. The van der Waals surface area contributed by atoms with Gasteiger partial charge >= 0.3 is 0 Å². The number of benzene rings is 2. The van der Waals surface area contributed by atoms with Gasteiger partial charge in [-0.1, -0.05) is 0 Å². The van der Waals surface area contributed by atoms with Crippen LogP contribution in [0.25, 0.3) is 0 Å². The number of hydrogen-bond acceptors (Lipinski definition) is 4. The maximum absolute atomic E-state index is 14.0. The molecule has 0 atom stereocenters. The molecule has 0 unspecified atom stereocenters. The molecule has 0 saturated carbocycles. The summed E-state index contributed by atoms with van der Waals surface area (Å²) in [5, 5.41) is 0. The van der Waals surface area contributed by atoms with Gasteiger partial charge in [0.2, 0.25) is 0 Å². The number of nitrogens with two attached hydrogens (primary N) is 1. The van der Waals surface area contributed by atoms with Crippen LogP contribution in [0, 0.1) is 5.82 Å². The van der Waals surface area contributed by atoms with Gasteiger partial charge in [-0.2, -0.15) is 0 Å². The van der Waals surface area contributed by atoms with Crippen molar-refractivity contribution in [3.8, 4) is 5.75 Å². The highest BCUT2D eigenvalue weighted by Gasteiger charge is 2.19. The molecule has 0 spiro atoms. The molecule has 0 bridgehead atoms. The van der Waals surface area contributed by atoms with Crippen molar-refractivity contribution in [1.82, 2.24) is 0 Å². The summed E-state index contributed by atoms with van der Waals surface area (Å²) in [4.78, 5) is 4.36. The summed E-state index contributed by atoms with van der Waals surface area (Å²) in [5.41, 5.74) is 7.85. The minimum absolute atomic E-state index is 0.252. The summed E-state index contributed by atoms with van der Waals surface area (Å²) in [5.74, 6) is 0.601. The summed E-state index contributed by atoms with van der Waals surface area (Å²) in [7, 11) is 1.66. The molecule has 22 heavy (non-hydrogen) atoms. The van der Waals surface area contributed by atoms with Crippen molar-refractivity contribution >= 4 is 17.1 Å². The molecule has 1 aliphatic rings. The van der Waals surface area contributed by atoms with Crippen molar-refractivity contribution in [1.29, 1.82) is 0 Å². The Morgan fingerprint density at radius 1 is 0.955 bits per heavy atom. The third-order valence-corrected chi connectivity index (χ3v) is 4.03. The lowest BCUT2D eigenvalue weighted by atomic mass is 10.2. The summed E-state index contributed by atoms with van der Waals surface area (Å²) in [6, 6.07) is 12.9. The lowest BCUT2D eigenvalue weighted by Gasteiger charge is -2.37. The van der Waals surface area contributed by atoms with Crippen LogP contribution in [0.4, 0.5) is 21.5 Å². The first kappa shape index (κ1) is 14.5. The first-order valence-electron chi connectivity index (χ1n) is 7.36. The van der Waals surface area contributed by atoms with E-state index in [1.165, 1.54) is 11.8 Å². The van der Waals surface area contributed by atoms with E-state index in [0.717, 1.165) is 31.9 Å². The van der Waals surface area contributed by atoms with Gasteiger partial charge < -0.3 is 20.3 Å². The third kappa shape index (κ3) is 2.93. The van der Waals surface area contributed by atoms with E-state index in [1.807, 2.05) is 12.1 Å². The lowest BCUT2D eigenvalue weighted by molar-refractivity contribution is 0.415. The maximum Gasteiger partial charge on any atom is 0.148 e. The Kier molecular flexibility index (Phi) is 4.04. The molecular formula is C17H20FN3O. The minimum atomic E-state index is -0.252. The Morgan fingerprint density at radius 2 is 1.59 bits per heavy atom. The molecule has 2 aromatic carbocycles. The zero-order valence-corrected chi connectivity index (χ0v) is 12.6. The molecule has 0 radical (unpaired) electrons. The van der Waals surface area contributed by atoms with Gasteiger partial charge in [0.05, 0.1) is 12.8 Å². The van der Waals surface area contributed by atoms with E-state index in [9.17, 15) is 4.39 Å². The molecule has 5 heteroatoms. The van der Waals surface area contributed by atoms with Crippen molar-refractivity contribution < 1.29 is 9.13 Å². The van der Waals surface area contributed by atoms with E-state index in [0.29, 0.717) is 11.4 Å². The molecule has 1 heterocycles. The van der Waals surface area contributed by atoms with Crippen molar-refractivity contribution in [2.45, 2.75) is 0 Å². The lowest BCUT2D eigenvalue weighted by Crippen LogP contribution is -2.46. The van der Waals surface area contributed by atoms with E-state index in [2.05, 4.69) is 21.9 Å². The Labute approximate surface area is 129 Å². The van der Waals surface area contributed by atoms with E-state index < -0.39 is 0 Å². The Hall–Kier alpha value is -2.43. The van der Waals surface area contributed by atoms with Crippen LogP contribution in [0.3, 0.4) is 0 Å². The number of rotatable bonds is 3. The Morgan fingerprint density at radius 3 is 2.18 bits per heavy atom.